The molecule has 1 N–H and O–H groups in total. The number of hydrogen-bond acceptors (Lipinski definition) is 10. The van der Waals surface area contributed by atoms with Crippen LogP contribution in [0.15, 0.2) is 11.6 Å². The van der Waals surface area contributed by atoms with E-state index in [-0.39, 0.29) is 48.0 Å². The van der Waals surface area contributed by atoms with Crippen LogP contribution >= 0.6 is 0 Å². The van der Waals surface area contributed by atoms with Gasteiger partial charge in [-0.1, -0.05) is 13.8 Å². The highest BCUT2D eigenvalue weighted by molar-refractivity contribution is 5.85. The molecule has 0 aromatic carbocycles. The Morgan fingerprint density at radius 3 is 2.46 bits per heavy atom. The van der Waals surface area contributed by atoms with Crippen LogP contribution in [0.4, 0.5) is 0 Å². The molecule has 9 atom stereocenters. The third kappa shape index (κ3) is 3.76. The van der Waals surface area contributed by atoms with Crippen LogP contribution in [0.5, 0.6) is 0 Å². The van der Waals surface area contributed by atoms with E-state index in [9.17, 15) is 30.3 Å². The number of fused-ring (bicyclic) bond motifs is 5. The van der Waals surface area contributed by atoms with E-state index < -0.39 is 28.0 Å². The van der Waals surface area contributed by atoms with Crippen molar-refractivity contribution in [3.05, 3.63) is 31.9 Å². The largest absolute Gasteiger partial charge is 0.458 e. The maximum Gasteiger partial charge on any atom is 0.331 e. The normalized spacial score (nSPS) is 46.5. The fourth-order valence-electron chi connectivity index (χ4n) is 8.95. The van der Waals surface area contributed by atoms with E-state index in [0.29, 0.717) is 24.7 Å². The molecular formula is C23H32N2O10. The van der Waals surface area contributed by atoms with Crippen molar-refractivity contribution in [1.29, 1.82) is 0 Å². The number of cyclic esters (lactones) is 1. The quantitative estimate of drug-likeness (QED) is 0.189. The molecule has 0 aromatic rings. The molecule has 12 nitrogen and oxygen atoms in total. The third-order valence-corrected chi connectivity index (χ3v) is 10.4. The molecule has 0 saturated heterocycles. The molecule has 1 unspecified atom stereocenters. The van der Waals surface area contributed by atoms with Crippen molar-refractivity contribution in [2.45, 2.75) is 77.1 Å². The van der Waals surface area contributed by atoms with Crippen LogP contribution in [0.2, 0.25) is 0 Å². The van der Waals surface area contributed by atoms with Crippen LogP contribution in [0.1, 0.15) is 65.2 Å². The van der Waals surface area contributed by atoms with Crippen molar-refractivity contribution in [3.63, 3.8) is 0 Å². The van der Waals surface area contributed by atoms with Crippen LogP contribution in [0.25, 0.3) is 0 Å². The van der Waals surface area contributed by atoms with Crippen molar-refractivity contribution in [1.82, 2.24) is 0 Å². The van der Waals surface area contributed by atoms with Gasteiger partial charge in [-0.3, -0.25) is 4.84 Å². The van der Waals surface area contributed by atoms with Gasteiger partial charge in [-0.05, 0) is 78.6 Å². The number of carbonyl (C=O) groups is 1. The minimum Gasteiger partial charge on any atom is -0.458 e. The topological polar surface area (TPSA) is 161 Å². The molecule has 0 spiro atoms. The molecule has 5 rings (SSSR count). The number of rotatable bonds is 6. The third-order valence-electron chi connectivity index (χ3n) is 10.4. The highest BCUT2D eigenvalue weighted by atomic mass is 17.2. The lowest BCUT2D eigenvalue weighted by Gasteiger charge is -2.61. The van der Waals surface area contributed by atoms with Gasteiger partial charge in [0.05, 0.1) is 0 Å². The Labute approximate surface area is 202 Å². The summed E-state index contributed by atoms with van der Waals surface area (Å²) in [5.74, 6) is -1.39. The molecule has 1 heterocycles. The van der Waals surface area contributed by atoms with Gasteiger partial charge in [0, 0.05) is 24.8 Å². The molecule has 5 aliphatic rings. The molecule has 0 radical (unpaired) electrons. The Hall–Kier alpha value is -2.47. The van der Waals surface area contributed by atoms with E-state index in [1.165, 1.54) is 6.08 Å². The van der Waals surface area contributed by atoms with Gasteiger partial charge in [-0.2, -0.15) is 0 Å². The fourth-order valence-corrected chi connectivity index (χ4v) is 8.95. The first-order valence-corrected chi connectivity index (χ1v) is 12.4. The number of esters is 1. The van der Waals surface area contributed by atoms with Gasteiger partial charge >= 0.3 is 5.97 Å². The molecule has 1 aliphatic heterocycles. The minimum atomic E-state index is -1.63. The molecule has 4 fully saturated rings. The molecule has 194 valence electrons. The maximum absolute atomic E-state index is 11.8. The first kappa shape index (κ1) is 24.2. The molecule has 0 bridgehead atoms. The lowest BCUT2D eigenvalue weighted by Crippen LogP contribution is -2.57. The Morgan fingerprint density at radius 1 is 1.06 bits per heavy atom. The second-order valence-electron chi connectivity index (χ2n) is 11.6. The summed E-state index contributed by atoms with van der Waals surface area (Å²) in [6.07, 6.45) is 5.89. The van der Waals surface area contributed by atoms with Crippen LogP contribution in [0.3, 0.4) is 0 Å². The summed E-state index contributed by atoms with van der Waals surface area (Å²) in [5, 5.41) is 30.2. The SMILES string of the molecule is C[C@]12CC[C@@](OO)(O[N+](=O)[O-])C[C@H]1CC[C@@H]1[C@@H]2CC[C@]2(C)[C@@H](C3=CC(=O)OC3)C(O[N+](=O)[O-])C[C@@H]12. The molecule has 12 heteroatoms. The number of ether oxygens (including phenoxy) is 1. The molecule has 0 aromatic heterocycles. The summed E-state index contributed by atoms with van der Waals surface area (Å²) in [6.45, 7) is 4.56. The van der Waals surface area contributed by atoms with Crippen LogP contribution in [-0.4, -0.2) is 39.9 Å². The number of carbonyl (C=O) groups excluding carboxylic acids is 1. The van der Waals surface area contributed by atoms with E-state index in [1.807, 2.05) is 0 Å². The second-order valence-corrected chi connectivity index (χ2v) is 11.6. The Bertz CT molecular complexity index is 957. The molecule has 35 heavy (non-hydrogen) atoms. The predicted octanol–water partition coefficient (Wildman–Crippen LogP) is 3.71. The van der Waals surface area contributed by atoms with Crippen LogP contribution in [-0.2, 0) is 24.1 Å². The van der Waals surface area contributed by atoms with Gasteiger partial charge in [0.2, 0.25) is 5.79 Å². The van der Waals surface area contributed by atoms with E-state index in [0.717, 1.165) is 31.3 Å². The van der Waals surface area contributed by atoms with Crippen molar-refractivity contribution in [2.75, 3.05) is 6.61 Å². The highest BCUT2D eigenvalue weighted by Crippen LogP contribution is 2.69. The zero-order chi connectivity index (χ0) is 25.2. The minimum absolute atomic E-state index is 0.0838. The van der Waals surface area contributed by atoms with E-state index in [2.05, 4.69) is 18.7 Å². The standard InChI is InChI=1S/C23H32N2O10/c1-21-7-8-23(35-31,34-25(29)30)11-14(21)3-4-15-16(21)5-6-22(2)17(15)10-18(33-24(27)28)20(22)13-9-19(26)32-12-13/h9,14-18,20,31H,3-8,10-12H2,1-2H3/t14-,15-,16+,17+,18?,20+,21+,22+,23+/m1/s1. The zero-order valence-electron chi connectivity index (χ0n) is 19.9. The van der Waals surface area contributed by atoms with Crippen molar-refractivity contribution in [3.8, 4) is 0 Å². The summed E-state index contributed by atoms with van der Waals surface area (Å²) < 4.78 is 5.16. The summed E-state index contributed by atoms with van der Waals surface area (Å²) in [4.78, 5) is 48.8. The maximum atomic E-state index is 11.8. The second kappa shape index (κ2) is 8.29. The number of nitrogens with zero attached hydrogens (tertiary/aromatic N) is 2. The lowest BCUT2D eigenvalue weighted by atomic mass is 9.44. The van der Waals surface area contributed by atoms with Gasteiger partial charge in [-0.15, -0.1) is 20.2 Å². The number of hydrogen-bond donors (Lipinski definition) is 1. The van der Waals surface area contributed by atoms with Gasteiger partial charge in [-0.25, -0.2) is 14.9 Å². The predicted molar refractivity (Wildman–Crippen MR) is 116 cm³/mol. The van der Waals surface area contributed by atoms with Gasteiger partial charge < -0.3 is 9.57 Å². The monoisotopic (exact) mass is 496 g/mol. The summed E-state index contributed by atoms with van der Waals surface area (Å²) >= 11 is 0. The van der Waals surface area contributed by atoms with Crippen molar-refractivity contribution < 1.29 is 39.5 Å². The van der Waals surface area contributed by atoms with E-state index >= 15 is 0 Å². The average Bonchev–Trinajstić information content (AvgIpc) is 3.32. The lowest BCUT2D eigenvalue weighted by molar-refractivity contribution is -0.808. The van der Waals surface area contributed by atoms with Crippen LogP contribution < -0.4 is 0 Å². The summed E-state index contributed by atoms with van der Waals surface area (Å²) in [7, 11) is 0. The molecule has 0 amide bonds. The van der Waals surface area contributed by atoms with Crippen LogP contribution in [0, 0.1) is 60.6 Å². The van der Waals surface area contributed by atoms with Crippen molar-refractivity contribution in [2.24, 2.45) is 40.4 Å². The first-order chi connectivity index (χ1) is 16.5. The summed E-state index contributed by atoms with van der Waals surface area (Å²) in [6, 6.07) is 0. The fraction of sp³-hybridized carbons (Fsp3) is 0.870. The van der Waals surface area contributed by atoms with Crippen molar-refractivity contribution >= 4 is 5.97 Å². The Morgan fingerprint density at radius 2 is 1.83 bits per heavy atom. The smallest absolute Gasteiger partial charge is 0.331 e. The average molecular weight is 497 g/mol. The molecule has 4 saturated carbocycles. The van der Waals surface area contributed by atoms with Gasteiger partial charge in [0.1, 0.15) is 12.7 Å². The molecule has 4 aliphatic carbocycles. The van der Waals surface area contributed by atoms with Gasteiger partial charge in [0.25, 0.3) is 10.2 Å². The Balaban J connectivity index is 1.42. The highest BCUT2D eigenvalue weighted by Gasteiger charge is 2.65. The Kier molecular flexibility index (Phi) is 5.74. The zero-order valence-corrected chi connectivity index (χ0v) is 19.9. The first-order valence-electron chi connectivity index (χ1n) is 12.4. The van der Waals surface area contributed by atoms with E-state index in [1.54, 1.807) is 0 Å². The molecular weight excluding hydrogens is 464 g/mol. The van der Waals surface area contributed by atoms with Gasteiger partial charge in [0.15, 0.2) is 0 Å². The van der Waals surface area contributed by atoms with E-state index in [4.69, 9.17) is 14.4 Å². The summed E-state index contributed by atoms with van der Waals surface area (Å²) in [5.41, 5.74) is 0.409.